The molecule has 2 amide bonds. The second-order valence-electron chi connectivity index (χ2n) is 9.49. The van der Waals surface area contributed by atoms with Gasteiger partial charge in [-0.25, -0.2) is 4.39 Å². The number of piperidine rings is 2. The molecule has 0 radical (unpaired) electrons. The van der Waals surface area contributed by atoms with Gasteiger partial charge in [0, 0.05) is 37.1 Å². The van der Waals surface area contributed by atoms with Crippen molar-refractivity contribution in [3.05, 3.63) is 35.3 Å². The third kappa shape index (κ3) is 4.96. The molecule has 3 heterocycles. The van der Waals surface area contributed by atoms with Crippen molar-refractivity contribution in [2.45, 2.75) is 44.7 Å². The maximum absolute atomic E-state index is 14.1. The molecule has 2 aliphatic heterocycles. The van der Waals surface area contributed by atoms with Gasteiger partial charge in [-0.2, -0.15) is 0 Å². The van der Waals surface area contributed by atoms with Crippen molar-refractivity contribution in [3.63, 3.8) is 0 Å². The number of H-pyrrole nitrogens is 1. The number of fused-ring (bicyclic) bond motifs is 1. The second kappa shape index (κ2) is 9.58. The maximum Gasteiger partial charge on any atom is 0.267 e. The monoisotopic (exact) mass is 443 g/mol. The van der Waals surface area contributed by atoms with Crippen molar-refractivity contribution < 1.29 is 14.0 Å². The molecule has 1 aromatic heterocycles. The fourth-order valence-electron chi connectivity index (χ4n) is 5.02. The number of likely N-dealkylation sites (N-methyl/N-ethyl adjacent to an activating group) is 1. The van der Waals surface area contributed by atoms with Gasteiger partial charge in [0.25, 0.3) is 5.91 Å². The number of halogens is 1. The Morgan fingerprint density at radius 3 is 2.62 bits per heavy atom. The number of carbonyl (C=O) groups is 2. The lowest BCUT2D eigenvalue weighted by Crippen LogP contribution is -2.54. The Balaban J connectivity index is 1.33. The molecule has 174 valence electrons. The highest BCUT2D eigenvalue weighted by atomic mass is 19.1. The molecule has 0 unspecified atom stereocenters. The van der Waals surface area contributed by atoms with Crippen LogP contribution in [0.25, 0.3) is 10.9 Å². The molecule has 2 aromatic rings. The summed E-state index contributed by atoms with van der Waals surface area (Å²) in [4.78, 5) is 34.6. The molecule has 0 saturated carbocycles. The van der Waals surface area contributed by atoms with E-state index in [1.54, 1.807) is 12.1 Å². The van der Waals surface area contributed by atoms with Crippen LogP contribution in [0.5, 0.6) is 0 Å². The van der Waals surface area contributed by atoms with E-state index in [4.69, 9.17) is 0 Å². The lowest BCUT2D eigenvalue weighted by molar-refractivity contribution is -0.133. The lowest BCUT2D eigenvalue weighted by atomic mass is 9.97. The number of likely N-dealkylation sites (tertiary alicyclic amines) is 2. The average molecular weight is 444 g/mol. The number of rotatable bonds is 5. The first kappa shape index (κ1) is 22.7. The maximum atomic E-state index is 14.1. The van der Waals surface area contributed by atoms with Crippen molar-refractivity contribution >= 4 is 22.7 Å². The van der Waals surface area contributed by atoms with Crippen LogP contribution >= 0.6 is 0 Å². The van der Waals surface area contributed by atoms with Gasteiger partial charge in [0.05, 0.1) is 12.1 Å². The number of hydrogen-bond donors (Lipinski definition) is 2. The molecule has 0 bridgehead atoms. The van der Waals surface area contributed by atoms with Gasteiger partial charge in [-0.3, -0.25) is 14.5 Å². The molecule has 1 aromatic carbocycles. The number of nitrogens with one attached hydrogen (secondary N) is 2. The number of amides is 2. The third-order valence-electron chi connectivity index (χ3n) is 6.77. The number of aromatic nitrogens is 1. The summed E-state index contributed by atoms with van der Waals surface area (Å²) in [6, 6.07) is 5.28. The van der Waals surface area contributed by atoms with Crippen LogP contribution in [0.3, 0.4) is 0 Å². The molecule has 0 spiro atoms. The zero-order valence-electron chi connectivity index (χ0n) is 19.3. The SMILES string of the molecule is Cc1ccc(F)c2cc(C(=O)N[C@@H]3CCCN(C4CCN(C(=O)CN(C)C)CC4)C3)[nH]c12. The number of benzene rings is 1. The van der Waals surface area contributed by atoms with Crippen LogP contribution in [-0.4, -0.2) is 90.4 Å². The molecule has 2 aliphatic rings. The standard InChI is InChI=1S/C24H34FN5O2/c1-16-6-7-20(25)19-13-21(27-23(16)19)24(32)26-17-5-4-10-30(14-17)18-8-11-29(12-9-18)22(31)15-28(2)3/h6-7,13,17-18,27H,4-5,8-12,14-15H2,1-3H3,(H,26,32)/t17-/m1/s1. The van der Waals surface area contributed by atoms with Crippen molar-refractivity contribution in [1.82, 2.24) is 25.0 Å². The first-order valence-electron chi connectivity index (χ1n) is 11.6. The van der Waals surface area contributed by atoms with Crippen LogP contribution in [0.2, 0.25) is 0 Å². The van der Waals surface area contributed by atoms with Crippen LogP contribution in [0.15, 0.2) is 18.2 Å². The zero-order valence-corrected chi connectivity index (χ0v) is 19.3. The van der Waals surface area contributed by atoms with Gasteiger partial charge in [0.15, 0.2) is 0 Å². The summed E-state index contributed by atoms with van der Waals surface area (Å²) in [6.45, 7) is 5.79. The molecule has 7 nitrogen and oxygen atoms in total. The molecule has 2 fully saturated rings. The summed E-state index contributed by atoms with van der Waals surface area (Å²) in [6.07, 6.45) is 3.92. The van der Waals surface area contributed by atoms with E-state index in [0.717, 1.165) is 57.4 Å². The van der Waals surface area contributed by atoms with Crippen molar-refractivity contribution in [2.24, 2.45) is 0 Å². The first-order chi connectivity index (χ1) is 15.3. The van der Waals surface area contributed by atoms with Crippen LogP contribution in [0, 0.1) is 12.7 Å². The van der Waals surface area contributed by atoms with E-state index in [9.17, 15) is 14.0 Å². The normalized spacial score (nSPS) is 20.8. The summed E-state index contributed by atoms with van der Waals surface area (Å²) < 4.78 is 14.1. The average Bonchev–Trinajstić information content (AvgIpc) is 3.23. The van der Waals surface area contributed by atoms with Crippen LogP contribution in [0.1, 0.15) is 41.7 Å². The fourth-order valence-corrected chi connectivity index (χ4v) is 5.02. The Kier molecular flexibility index (Phi) is 6.81. The molecule has 1 atom stereocenters. The summed E-state index contributed by atoms with van der Waals surface area (Å²) >= 11 is 0. The first-order valence-corrected chi connectivity index (χ1v) is 11.6. The fraction of sp³-hybridized carbons (Fsp3) is 0.583. The van der Waals surface area contributed by atoms with Gasteiger partial charge >= 0.3 is 0 Å². The van der Waals surface area contributed by atoms with Crippen molar-refractivity contribution in [3.8, 4) is 0 Å². The summed E-state index contributed by atoms with van der Waals surface area (Å²) in [5.74, 6) is -0.307. The number of aromatic amines is 1. The Hall–Kier alpha value is -2.45. The highest BCUT2D eigenvalue weighted by Gasteiger charge is 2.31. The zero-order chi connectivity index (χ0) is 22.8. The minimum Gasteiger partial charge on any atom is -0.350 e. The number of hydrogen-bond acceptors (Lipinski definition) is 4. The summed E-state index contributed by atoms with van der Waals surface area (Å²) in [7, 11) is 3.83. The lowest BCUT2D eigenvalue weighted by Gasteiger charge is -2.42. The largest absolute Gasteiger partial charge is 0.350 e. The Bertz CT molecular complexity index is 941. The Morgan fingerprint density at radius 2 is 1.94 bits per heavy atom. The van der Waals surface area contributed by atoms with Gasteiger partial charge in [-0.1, -0.05) is 6.07 Å². The molecule has 8 heteroatoms. The van der Waals surface area contributed by atoms with Crippen molar-refractivity contribution in [1.29, 1.82) is 0 Å². The highest BCUT2D eigenvalue weighted by Crippen LogP contribution is 2.24. The topological polar surface area (TPSA) is 71.7 Å². The van der Waals surface area contributed by atoms with E-state index in [1.807, 2.05) is 30.8 Å². The Morgan fingerprint density at radius 1 is 1.19 bits per heavy atom. The molecular weight excluding hydrogens is 409 g/mol. The molecular formula is C24H34FN5O2. The smallest absolute Gasteiger partial charge is 0.267 e. The molecule has 4 rings (SSSR count). The van der Waals surface area contributed by atoms with E-state index in [0.29, 0.717) is 29.2 Å². The number of aryl methyl sites for hydroxylation is 1. The molecule has 0 aliphatic carbocycles. The number of carbonyl (C=O) groups excluding carboxylic acids is 2. The third-order valence-corrected chi connectivity index (χ3v) is 6.77. The van der Waals surface area contributed by atoms with Gasteiger partial charge in [0.1, 0.15) is 11.5 Å². The predicted octanol–water partition coefficient (Wildman–Crippen LogP) is 2.36. The van der Waals surface area contributed by atoms with E-state index >= 15 is 0 Å². The van der Waals surface area contributed by atoms with E-state index in [-0.39, 0.29) is 23.7 Å². The number of nitrogens with zero attached hydrogens (tertiary/aromatic N) is 3. The van der Waals surface area contributed by atoms with Gasteiger partial charge in [0.2, 0.25) is 5.91 Å². The quantitative estimate of drug-likeness (QED) is 0.744. The van der Waals surface area contributed by atoms with E-state index < -0.39 is 0 Å². The van der Waals surface area contributed by atoms with Crippen LogP contribution < -0.4 is 5.32 Å². The van der Waals surface area contributed by atoms with Crippen LogP contribution in [-0.2, 0) is 4.79 Å². The molecule has 32 heavy (non-hydrogen) atoms. The van der Waals surface area contributed by atoms with E-state index in [2.05, 4.69) is 15.2 Å². The minimum atomic E-state index is -0.319. The highest BCUT2D eigenvalue weighted by molar-refractivity contribution is 5.99. The van der Waals surface area contributed by atoms with E-state index in [1.165, 1.54) is 6.07 Å². The van der Waals surface area contributed by atoms with Gasteiger partial charge in [-0.05, 0) is 70.9 Å². The second-order valence-corrected chi connectivity index (χ2v) is 9.49. The molecule has 2 N–H and O–H groups in total. The Labute approximate surface area is 188 Å². The summed E-state index contributed by atoms with van der Waals surface area (Å²) in [5, 5.41) is 3.60. The summed E-state index contributed by atoms with van der Waals surface area (Å²) in [5.41, 5.74) is 1.99. The molecule has 2 saturated heterocycles. The minimum absolute atomic E-state index is 0.0713. The van der Waals surface area contributed by atoms with Crippen LogP contribution in [0.4, 0.5) is 4.39 Å². The van der Waals surface area contributed by atoms with Gasteiger partial charge in [-0.15, -0.1) is 0 Å². The van der Waals surface area contributed by atoms with Gasteiger partial charge < -0.3 is 20.1 Å². The predicted molar refractivity (Wildman–Crippen MR) is 123 cm³/mol. The van der Waals surface area contributed by atoms with Crippen molar-refractivity contribution in [2.75, 3.05) is 46.8 Å².